The summed E-state index contributed by atoms with van der Waals surface area (Å²) in [4.78, 5) is 17.0. The third-order valence-electron chi connectivity index (χ3n) is 3.46. The highest BCUT2D eigenvalue weighted by molar-refractivity contribution is 8.00. The van der Waals surface area contributed by atoms with E-state index in [0.29, 0.717) is 0 Å². The Labute approximate surface area is 128 Å². The predicted octanol–water partition coefficient (Wildman–Crippen LogP) is 3.94. The van der Waals surface area contributed by atoms with E-state index in [1.807, 2.05) is 73.1 Å². The summed E-state index contributed by atoms with van der Waals surface area (Å²) in [6.45, 7) is 1.93. The SMILES string of the molecule is C[C@H](Sc1nc2ccccc2n1C)C(=O)c1ccccc1. The molecule has 1 atom stereocenters. The summed E-state index contributed by atoms with van der Waals surface area (Å²) in [5.41, 5.74) is 2.79. The van der Waals surface area contributed by atoms with Crippen molar-refractivity contribution in [3.8, 4) is 0 Å². The van der Waals surface area contributed by atoms with Gasteiger partial charge in [0.25, 0.3) is 0 Å². The van der Waals surface area contributed by atoms with Crippen LogP contribution in [0.1, 0.15) is 17.3 Å². The standard InChI is InChI=1S/C17H16N2OS/c1-12(16(20)13-8-4-3-5-9-13)21-17-18-14-10-6-7-11-15(14)19(17)2/h3-12H,1-2H3/t12-/m0/s1. The van der Waals surface area contributed by atoms with Crippen LogP contribution in [0.5, 0.6) is 0 Å². The lowest BCUT2D eigenvalue weighted by atomic mass is 10.1. The van der Waals surface area contributed by atoms with Gasteiger partial charge in [-0.25, -0.2) is 4.98 Å². The van der Waals surface area contributed by atoms with Crippen LogP contribution in [0.3, 0.4) is 0 Å². The fourth-order valence-corrected chi connectivity index (χ4v) is 3.24. The molecule has 0 fully saturated rings. The van der Waals surface area contributed by atoms with Crippen LogP contribution in [0.4, 0.5) is 0 Å². The van der Waals surface area contributed by atoms with Gasteiger partial charge in [0.15, 0.2) is 10.9 Å². The Morgan fingerprint density at radius 3 is 2.48 bits per heavy atom. The van der Waals surface area contributed by atoms with Gasteiger partial charge in [0, 0.05) is 12.6 Å². The first kappa shape index (κ1) is 13.9. The molecule has 0 radical (unpaired) electrons. The maximum Gasteiger partial charge on any atom is 0.175 e. The quantitative estimate of drug-likeness (QED) is 0.540. The lowest BCUT2D eigenvalue weighted by molar-refractivity contribution is 0.0994. The molecule has 0 aliphatic carbocycles. The van der Waals surface area contributed by atoms with Crippen molar-refractivity contribution in [2.45, 2.75) is 17.3 Å². The molecule has 3 rings (SSSR count). The minimum atomic E-state index is -0.164. The maximum atomic E-state index is 12.4. The fourth-order valence-electron chi connectivity index (χ4n) is 2.28. The first-order valence-electron chi connectivity index (χ1n) is 6.84. The molecule has 0 N–H and O–H groups in total. The number of nitrogens with zero attached hydrogens (tertiary/aromatic N) is 2. The first-order chi connectivity index (χ1) is 10.2. The van der Waals surface area contributed by atoms with Gasteiger partial charge >= 0.3 is 0 Å². The summed E-state index contributed by atoms with van der Waals surface area (Å²) in [5, 5.41) is 0.705. The van der Waals surface area contributed by atoms with Gasteiger partial charge in [-0.1, -0.05) is 54.2 Å². The lowest BCUT2D eigenvalue weighted by Gasteiger charge is -2.10. The molecule has 0 bridgehead atoms. The number of hydrogen-bond acceptors (Lipinski definition) is 3. The van der Waals surface area contributed by atoms with Crippen LogP contribution in [0.2, 0.25) is 0 Å². The van der Waals surface area contributed by atoms with Gasteiger partial charge in [0.1, 0.15) is 0 Å². The summed E-state index contributed by atoms with van der Waals surface area (Å²) in [5.74, 6) is 0.132. The van der Waals surface area contributed by atoms with Gasteiger partial charge in [0.2, 0.25) is 0 Å². The summed E-state index contributed by atoms with van der Waals surface area (Å²) in [6.07, 6.45) is 0. The molecule has 3 aromatic rings. The van der Waals surface area contributed by atoms with E-state index in [1.165, 1.54) is 11.8 Å². The van der Waals surface area contributed by atoms with Crippen molar-refractivity contribution in [1.82, 2.24) is 9.55 Å². The smallest absolute Gasteiger partial charge is 0.175 e. The molecule has 106 valence electrons. The Hall–Kier alpha value is -2.07. The van der Waals surface area contributed by atoms with E-state index in [0.717, 1.165) is 21.8 Å². The van der Waals surface area contributed by atoms with Crippen LogP contribution < -0.4 is 0 Å². The van der Waals surface area contributed by atoms with Crippen molar-refractivity contribution >= 4 is 28.6 Å². The highest BCUT2D eigenvalue weighted by atomic mass is 32.2. The number of imidazole rings is 1. The number of ketones is 1. The number of aromatic nitrogens is 2. The molecule has 1 heterocycles. The highest BCUT2D eigenvalue weighted by Crippen LogP contribution is 2.27. The van der Waals surface area contributed by atoms with E-state index in [-0.39, 0.29) is 11.0 Å². The number of hydrogen-bond donors (Lipinski definition) is 0. The topological polar surface area (TPSA) is 34.9 Å². The van der Waals surface area contributed by atoms with Crippen molar-refractivity contribution in [1.29, 1.82) is 0 Å². The Morgan fingerprint density at radius 1 is 1.10 bits per heavy atom. The van der Waals surface area contributed by atoms with Crippen molar-refractivity contribution < 1.29 is 4.79 Å². The Balaban J connectivity index is 1.85. The summed E-state index contributed by atoms with van der Waals surface area (Å²) in [7, 11) is 1.98. The van der Waals surface area contributed by atoms with Crippen LogP contribution in [0.15, 0.2) is 59.8 Å². The molecule has 0 aliphatic heterocycles. The van der Waals surface area contributed by atoms with Crippen LogP contribution >= 0.6 is 11.8 Å². The zero-order chi connectivity index (χ0) is 14.8. The molecule has 2 aromatic carbocycles. The van der Waals surface area contributed by atoms with Gasteiger partial charge in [-0.15, -0.1) is 0 Å². The molecule has 3 nitrogen and oxygen atoms in total. The van der Waals surface area contributed by atoms with Crippen LogP contribution in [0, 0.1) is 0 Å². The number of carbonyl (C=O) groups excluding carboxylic acids is 1. The summed E-state index contributed by atoms with van der Waals surface area (Å²) in [6, 6.07) is 17.4. The van der Waals surface area contributed by atoms with E-state index in [9.17, 15) is 4.79 Å². The molecular weight excluding hydrogens is 280 g/mol. The van der Waals surface area contributed by atoms with E-state index in [4.69, 9.17) is 0 Å². The van der Waals surface area contributed by atoms with Gasteiger partial charge in [-0.3, -0.25) is 4.79 Å². The molecule has 0 unspecified atom stereocenters. The summed E-state index contributed by atoms with van der Waals surface area (Å²) >= 11 is 1.50. The second-order valence-corrected chi connectivity index (χ2v) is 6.24. The molecule has 4 heteroatoms. The number of Topliss-reactive ketones (excluding diaryl/α,β-unsaturated/α-hetero) is 1. The van der Waals surface area contributed by atoms with Crippen molar-refractivity contribution in [3.05, 3.63) is 60.2 Å². The summed E-state index contributed by atoms with van der Waals surface area (Å²) < 4.78 is 2.04. The molecule has 1 aromatic heterocycles. The number of para-hydroxylation sites is 2. The minimum Gasteiger partial charge on any atom is -0.322 e. The van der Waals surface area contributed by atoms with E-state index in [1.54, 1.807) is 0 Å². The van der Waals surface area contributed by atoms with Crippen molar-refractivity contribution in [3.63, 3.8) is 0 Å². The molecular formula is C17H16N2OS. The van der Waals surface area contributed by atoms with Crippen molar-refractivity contribution in [2.75, 3.05) is 0 Å². The van der Waals surface area contributed by atoms with E-state index in [2.05, 4.69) is 4.98 Å². The van der Waals surface area contributed by atoms with Gasteiger partial charge < -0.3 is 4.57 Å². The Morgan fingerprint density at radius 2 is 1.76 bits per heavy atom. The van der Waals surface area contributed by atoms with Crippen LogP contribution in [0.25, 0.3) is 11.0 Å². The van der Waals surface area contributed by atoms with Gasteiger partial charge in [0.05, 0.1) is 16.3 Å². The number of benzene rings is 2. The predicted molar refractivity (Wildman–Crippen MR) is 86.8 cm³/mol. The third-order valence-corrected chi connectivity index (χ3v) is 4.60. The van der Waals surface area contributed by atoms with Crippen LogP contribution in [-0.2, 0) is 7.05 Å². The zero-order valence-corrected chi connectivity index (χ0v) is 12.8. The highest BCUT2D eigenvalue weighted by Gasteiger charge is 2.19. The minimum absolute atomic E-state index is 0.132. The Kier molecular flexibility index (Phi) is 3.80. The number of rotatable bonds is 4. The number of fused-ring (bicyclic) bond motifs is 1. The fraction of sp³-hybridized carbons (Fsp3) is 0.176. The average Bonchev–Trinajstić information content (AvgIpc) is 2.84. The second-order valence-electron chi connectivity index (χ2n) is 4.93. The van der Waals surface area contributed by atoms with E-state index >= 15 is 0 Å². The molecule has 0 aliphatic rings. The molecule has 21 heavy (non-hydrogen) atoms. The zero-order valence-electron chi connectivity index (χ0n) is 12.0. The first-order valence-corrected chi connectivity index (χ1v) is 7.72. The number of carbonyl (C=O) groups is 1. The number of thioether (sulfide) groups is 1. The molecule has 0 spiro atoms. The van der Waals surface area contributed by atoms with Gasteiger partial charge in [-0.05, 0) is 19.1 Å². The van der Waals surface area contributed by atoms with Gasteiger partial charge in [-0.2, -0.15) is 0 Å². The molecule has 0 saturated carbocycles. The lowest BCUT2D eigenvalue weighted by Crippen LogP contribution is -2.14. The largest absolute Gasteiger partial charge is 0.322 e. The maximum absolute atomic E-state index is 12.4. The monoisotopic (exact) mass is 296 g/mol. The van der Waals surface area contributed by atoms with Crippen molar-refractivity contribution in [2.24, 2.45) is 7.05 Å². The van der Waals surface area contributed by atoms with Crippen LogP contribution in [-0.4, -0.2) is 20.6 Å². The number of aryl methyl sites for hydroxylation is 1. The molecule has 0 saturated heterocycles. The normalized spacial score (nSPS) is 12.5. The Bertz CT molecular complexity index is 780. The van der Waals surface area contributed by atoms with E-state index < -0.39 is 0 Å². The average molecular weight is 296 g/mol. The second kappa shape index (κ2) is 5.74. The molecule has 0 amide bonds. The third kappa shape index (κ3) is 2.72.